The van der Waals surface area contributed by atoms with E-state index in [1.165, 1.54) is 12.8 Å². The van der Waals surface area contributed by atoms with Crippen LogP contribution in [0, 0.1) is 0 Å². The SMILES string of the molecule is CC(C)NCc1ncoc1C1CCCCO1. The van der Waals surface area contributed by atoms with E-state index in [4.69, 9.17) is 9.15 Å². The number of nitrogens with zero attached hydrogens (tertiary/aromatic N) is 1. The first-order valence-electron chi connectivity index (χ1n) is 6.04. The van der Waals surface area contributed by atoms with E-state index in [1.807, 2.05) is 0 Å². The Morgan fingerprint density at radius 3 is 3.06 bits per heavy atom. The van der Waals surface area contributed by atoms with E-state index in [1.54, 1.807) is 0 Å². The van der Waals surface area contributed by atoms with Crippen LogP contribution in [0.3, 0.4) is 0 Å². The van der Waals surface area contributed by atoms with Crippen molar-refractivity contribution in [2.75, 3.05) is 6.61 Å². The largest absolute Gasteiger partial charge is 0.445 e. The van der Waals surface area contributed by atoms with Crippen LogP contribution in [-0.2, 0) is 11.3 Å². The van der Waals surface area contributed by atoms with Crippen molar-refractivity contribution in [2.24, 2.45) is 0 Å². The highest BCUT2D eigenvalue weighted by Crippen LogP contribution is 2.29. The lowest BCUT2D eigenvalue weighted by Crippen LogP contribution is -2.23. The molecule has 2 rings (SSSR count). The fourth-order valence-corrected chi connectivity index (χ4v) is 1.92. The lowest BCUT2D eigenvalue weighted by Gasteiger charge is -2.21. The van der Waals surface area contributed by atoms with Gasteiger partial charge in [-0.2, -0.15) is 0 Å². The number of nitrogens with one attached hydrogen (secondary N) is 1. The van der Waals surface area contributed by atoms with Gasteiger partial charge >= 0.3 is 0 Å². The van der Waals surface area contributed by atoms with Gasteiger partial charge in [-0.05, 0) is 19.3 Å². The molecule has 1 unspecified atom stereocenters. The average Bonchev–Trinajstić information content (AvgIpc) is 2.75. The molecule has 0 bridgehead atoms. The van der Waals surface area contributed by atoms with E-state index in [2.05, 4.69) is 24.1 Å². The second kappa shape index (κ2) is 5.46. The summed E-state index contributed by atoms with van der Waals surface area (Å²) in [5.41, 5.74) is 0.987. The smallest absolute Gasteiger partial charge is 0.181 e. The number of aromatic nitrogens is 1. The second-order valence-corrected chi connectivity index (χ2v) is 4.55. The summed E-state index contributed by atoms with van der Waals surface area (Å²) in [5, 5.41) is 3.35. The van der Waals surface area contributed by atoms with Crippen molar-refractivity contribution < 1.29 is 9.15 Å². The minimum Gasteiger partial charge on any atom is -0.445 e. The van der Waals surface area contributed by atoms with Crippen LogP contribution in [0.1, 0.15) is 50.7 Å². The van der Waals surface area contributed by atoms with Gasteiger partial charge in [0.25, 0.3) is 0 Å². The molecule has 0 saturated carbocycles. The van der Waals surface area contributed by atoms with E-state index < -0.39 is 0 Å². The molecule has 1 fully saturated rings. The van der Waals surface area contributed by atoms with Crippen molar-refractivity contribution in [3.63, 3.8) is 0 Å². The molecule has 16 heavy (non-hydrogen) atoms. The fourth-order valence-electron chi connectivity index (χ4n) is 1.92. The van der Waals surface area contributed by atoms with E-state index in [0.717, 1.165) is 37.4 Å². The van der Waals surface area contributed by atoms with Gasteiger partial charge < -0.3 is 14.5 Å². The minimum absolute atomic E-state index is 0.111. The zero-order chi connectivity index (χ0) is 11.4. The summed E-state index contributed by atoms with van der Waals surface area (Å²) in [6, 6.07) is 0.455. The Bertz CT molecular complexity index is 317. The molecule has 0 aliphatic carbocycles. The van der Waals surface area contributed by atoms with E-state index >= 15 is 0 Å². The standard InChI is InChI=1S/C12H20N2O2/c1-9(2)13-7-10-12(16-8-14-10)11-5-3-4-6-15-11/h8-9,11,13H,3-7H2,1-2H3. The molecule has 0 spiro atoms. The summed E-state index contributed by atoms with van der Waals surface area (Å²) < 4.78 is 11.2. The van der Waals surface area contributed by atoms with Gasteiger partial charge in [0.2, 0.25) is 0 Å². The van der Waals surface area contributed by atoms with Gasteiger partial charge in [-0.3, -0.25) is 0 Å². The molecular weight excluding hydrogens is 204 g/mol. The topological polar surface area (TPSA) is 47.3 Å². The lowest BCUT2D eigenvalue weighted by molar-refractivity contribution is 0.00111. The Kier molecular flexibility index (Phi) is 3.96. The maximum atomic E-state index is 5.71. The molecular formula is C12H20N2O2. The molecule has 1 aliphatic heterocycles. The molecule has 1 atom stereocenters. The van der Waals surface area contributed by atoms with Crippen molar-refractivity contribution in [2.45, 2.75) is 51.8 Å². The minimum atomic E-state index is 0.111. The van der Waals surface area contributed by atoms with Crippen molar-refractivity contribution in [3.05, 3.63) is 17.8 Å². The summed E-state index contributed by atoms with van der Waals surface area (Å²) >= 11 is 0. The van der Waals surface area contributed by atoms with Crippen molar-refractivity contribution in [1.82, 2.24) is 10.3 Å². The molecule has 1 aromatic rings. The van der Waals surface area contributed by atoms with Crippen LogP contribution in [0.25, 0.3) is 0 Å². The van der Waals surface area contributed by atoms with Gasteiger partial charge in [0.1, 0.15) is 6.10 Å². The van der Waals surface area contributed by atoms with Crippen molar-refractivity contribution in [1.29, 1.82) is 0 Å². The summed E-state index contributed by atoms with van der Waals surface area (Å²) in [4.78, 5) is 4.25. The number of hydrogen-bond acceptors (Lipinski definition) is 4. The van der Waals surface area contributed by atoms with E-state index in [0.29, 0.717) is 6.04 Å². The third-order valence-electron chi connectivity index (χ3n) is 2.82. The first kappa shape index (κ1) is 11.6. The molecule has 2 heterocycles. The van der Waals surface area contributed by atoms with Gasteiger partial charge in [0, 0.05) is 19.2 Å². The Labute approximate surface area is 96.4 Å². The Morgan fingerprint density at radius 1 is 1.50 bits per heavy atom. The summed E-state index contributed by atoms with van der Waals surface area (Å²) in [6.07, 6.45) is 5.04. The maximum Gasteiger partial charge on any atom is 0.181 e. The molecule has 1 saturated heterocycles. The van der Waals surface area contributed by atoms with Crippen molar-refractivity contribution in [3.8, 4) is 0 Å². The Balaban J connectivity index is 2.00. The molecule has 1 N–H and O–H groups in total. The zero-order valence-electron chi connectivity index (χ0n) is 10.0. The summed E-state index contributed by atoms with van der Waals surface area (Å²) in [5.74, 6) is 0.910. The molecule has 0 radical (unpaired) electrons. The highest BCUT2D eigenvalue weighted by atomic mass is 16.5. The van der Waals surface area contributed by atoms with Crippen LogP contribution < -0.4 is 5.32 Å². The lowest BCUT2D eigenvalue weighted by atomic mass is 10.1. The van der Waals surface area contributed by atoms with Gasteiger partial charge in [0.05, 0.1) is 5.69 Å². The molecule has 0 aromatic carbocycles. The van der Waals surface area contributed by atoms with Gasteiger partial charge in [-0.1, -0.05) is 13.8 Å². The number of ether oxygens (including phenoxy) is 1. The first-order chi connectivity index (χ1) is 7.77. The number of rotatable bonds is 4. The molecule has 4 heteroatoms. The van der Waals surface area contributed by atoms with E-state index in [-0.39, 0.29) is 6.10 Å². The normalized spacial score (nSPS) is 21.6. The van der Waals surface area contributed by atoms with Gasteiger partial charge in [0.15, 0.2) is 12.2 Å². The third kappa shape index (κ3) is 2.83. The maximum absolute atomic E-state index is 5.71. The van der Waals surface area contributed by atoms with Gasteiger partial charge in [-0.25, -0.2) is 4.98 Å². The summed E-state index contributed by atoms with van der Waals surface area (Å²) in [7, 11) is 0. The van der Waals surface area contributed by atoms with E-state index in [9.17, 15) is 0 Å². The van der Waals surface area contributed by atoms with Crippen LogP contribution in [0.15, 0.2) is 10.8 Å². The van der Waals surface area contributed by atoms with Crippen LogP contribution in [0.2, 0.25) is 0 Å². The monoisotopic (exact) mass is 224 g/mol. The first-order valence-corrected chi connectivity index (χ1v) is 6.04. The highest BCUT2D eigenvalue weighted by molar-refractivity contribution is 5.11. The molecule has 4 nitrogen and oxygen atoms in total. The third-order valence-corrected chi connectivity index (χ3v) is 2.82. The quantitative estimate of drug-likeness (QED) is 0.853. The zero-order valence-corrected chi connectivity index (χ0v) is 10.0. The average molecular weight is 224 g/mol. The second-order valence-electron chi connectivity index (χ2n) is 4.55. The molecule has 90 valence electrons. The predicted octanol–water partition coefficient (Wildman–Crippen LogP) is 2.41. The van der Waals surface area contributed by atoms with Crippen LogP contribution in [0.4, 0.5) is 0 Å². The molecule has 1 aliphatic rings. The van der Waals surface area contributed by atoms with Gasteiger partial charge in [-0.15, -0.1) is 0 Å². The number of oxazole rings is 1. The van der Waals surface area contributed by atoms with Crippen LogP contribution >= 0.6 is 0 Å². The summed E-state index contributed by atoms with van der Waals surface area (Å²) in [6.45, 7) is 5.83. The highest BCUT2D eigenvalue weighted by Gasteiger charge is 2.22. The molecule has 1 aromatic heterocycles. The number of hydrogen-bond donors (Lipinski definition) is 1. The Hall–Kier alpha value is -0.870. The predicted molar refractivity (Wildman–Crippen MR) is 61.0 cm³/mol. The molecule has 0 amide bonds. The fraction of sp³-hybridized carbons (Fsp3) is 0.750. The van der Waals surface area contributed by atoms with Crippen LogP contribution in [-0.4, -0.2) is 17.6 Å². The van der Waals surface area contributed by atoms with Crippen LogP contribution in [0.5, 0.6) is 0 Å². The Morgan fingerprint density at radius 2 is 2.38 bits per heavy atom. The van der Waals surface area contributed by atoms with Crippen molar-refractivity contribution >= 4 is 0 Å².